The Hall–Kier alpha value is -2.02. The molecule has 2 N–H and O–H groups in total. The Bertz CT molecular complexity index is 887. The van der Waals surface area contributed by atoms with Crippen LogP contribution in [0.5, 0.6) is 0 Å². The molecule has 3 rings (SSSR count). The largest absolute Gasteiger partial charge is 0.369 e. The number of thioether (sulfide) groups is 1. The maximum atomic E-state index is 12.6. The average molecular weight is 422 g/mol. The molecule has 2 aromatic carbocycles. The topological polar surface area (TPSA) is 75.8 Å². The molecule has 0 spiro atoms. The van der Waals surface area contributed by atoms with Crippen molar-refractivity contribution in [1.29, 1.82) is 0 Å². The van der Waals surface area contributed by atoms with Gasteiger partial charge in [0.1, 0.15) is 0 Å². The van der Waals surface area contributed by atoms with Crippen LogP contribution in [-0.4, -0.2) is 33.7 Å². The molecule has 1 fully saturated rings. The standard InChI is InChI=1S/C19H17Cl2N3O2S/c20-13-6-4-12(5-7-13)8-9-24-17(25)11-16(18(22)26)27-19(24)23-15-3-1-2-14(21)10-15/h1-7,10,16H,8-9,11H2,(H2,22,26)/t16-/m1/s1. The summed E-state index contributed by atoms with van der Waals surface area (Å²) in [7, 11) is 0. The quantitative estimate of drug-likeness (QED) is 0.790. The van der Waals surface area contributed by atoms with Crippen LogP contribution < -0.4 is 5.73 Å². The first-order chi connectivity index (χ1) is 12.9. The van der Waals surface area contributed by atoms with E-state index < -0.39 is 11.2 Å². The number of primary amides is 1. The Morgan fingerprint density at radius 1 is 1.19 bits per heavy atom. The van der Waals surface area contributed by atoms with Gasteiger partial charge in [-0.2, -0.15) is 0 Å². The Morgan fingerprint density at radius 2 is 1.93 bits per heavy atom. The third-order valence-electron chi connectivity index (χ3n) is 4.03. The summed E-state index contributed by atoms with van der Waals surface area (Å²) in [6, 6.07) is 14.5. The van der Waals surface area contributed by atoms with Crippen molar-refractivity contribution in [2.45, 2.75) is 18.1 Å². The van der Waals surface area contributed by atoms with E-state index in [0.717, 1.165) is 5.56 Å². The zero-order valence-corrected chi connectivity index (χ0v) is 16.6. The molecule has 2 aromatic rings. The van der Waals surface area contributed by atoms with Crippen molar-refractivity contribution in [2.75, 3.05) is 6.54 Å². The van der Waals surface area contributed by atoms with E-state index in [-0.39, 0.29) is 12.3 Å². The first-order valence-electron chi connectivity index (χ1n) is 8.27. The molecule has 2 amide bonds. The molecule has 1 aliphatic heterocycles. The van der Waals surface area contributed by atoms with E-state index in [1.807, 2.05) is 24.3 Å². The number of carbonyl (C=O) groups excluding carboxylic acids is 2. The van der Waals surface area contributed by atoms with Gasteiger partial charge in [-0.3, -0.25) is 14.5 Å². The molecular formula is C19H17Cl2N3O2S. The summed E-state index contributed by atoms with van der Waals surface area (Å²) < 4.78 is 0. The van der Waals surface area contributed by atoms with Crippen LogP contribution in [0.25, 0.3) is 0 Å². The summed E-state index contributed by atoms with van der Waals surface area (Å²) in [6.07, 6.45) is 0.703. The molecule has 1 aliphatic rings. The van der Waals surface area contributed by atoms with Gasteiger partial charge < -0.3 is 5.73 Å². The van der Waals surface area contributed by atoms with E-state index >= 15 is 0 Å². The smallest absolute Gasteiger partial charge is 0.231 e. The molecular weight excluding hydrogens is 405 g/mol. The second-order valence-electron chi connectivity index (χ2n) is 6.01. The Balaban J connectivity index is 1.84. The molecule has 27 heavy (non-hydrogen) atoms. The Labute approximate surface area is 171 Å². The Morgan fingerprint density at radius 3 is 2.59 bits per heavy atom. The number of amides is 2. The van der Waals surface area contributed by atoms with E-state index in [1.54, 1.807) is 29.2 Å². The minimum Gasteiger partial charge on any atom is -0.369 e. The molecule has 8 heteroatoms. The third-order valence-corrected chi connectivity index (χ3v) is 5.72. The second-order valence-corrected chi connectivity index (χ2v) is 8.05. The zero-order valence-electron chi connectivity index (χ0n) is 14.3. The molecule has 140 valence electrons. The highest BCUT2D eigenvalue weighted by molar-refractivity contribution is 8.15. The molecule has 0 saturated carbocycles. The lowest BCUT2D eigenvalue weighted by Gasteiger charge is -2.31. The van der Waals surface area contributed by atoms with E-state index in [2.05, 4.69) is 4.99 Å². The fourth-order valence-corrected chi connectivity index (χ4v) is 4.01. The summed E-state index contributed by atoms with van der Waals surface area (Å²) in [5, 5.41) is 1.03. The third kappa shape index (κ3) is 5.25. The lowest BCUT2D eigenvalue weighted by molar-refractivity contribution is -0.129. The molecule has 0 unspecified atom stereocenters. The van der Waals surface area contributed by atoms with Gasteiger partial charge in [0.25, 0.3) is 0 Å². The van der Waals surface area contributed by atoms with E-state index in [9.17, 15) is 9.59 Å². The second kappa shape index (κ2) is 8.78. The summed E-state index contributed by atoms with van der Waals surface area (Å²) in [5.41, 5.74) is 7.08. The van der Waals surface area contributed by atoms with Gasteiger partial charge in [0.15, 0.2) is 5.17 Å². The average Bonchev–Trinajstić information content (AvgIpc) is 2.62. The number of halogens is 2. The maximum absolute atomic E-state index is 12.6. The molecule has 0 aromatic heterocycles. The van der Waals surface area contributed by atoms with Crippen molar-refractivity contribution in [2.24, 2.45) is 10.7 Å². The van der Waals surface area contributed by atoms with Gasteiger partial charge in [0.2, 0.25) is 11.8 Å². The van der Waals surface area contributed by atoms with Gasteiger partial charge in [0, 0.05) is 23.0 Å². The van der Waals surface area contributed by atoms with Crippen LogP contribution in [-0.2, 0) is 16.0 Å². The first kappa shape index (κ1) is 19.7. The number of nitrogens with two attached hydrogens (primary N) is 1. The van der Waals surface area contributed by atoms with Crippen molar-refractivity contribution in [3.05, 3.63) is 64.1 Å². The minimum absolute atomic E-state index is 0.0647. The van der Waals surface area contributed by atoms with Crippen LogP contribution in [0.4, 0.5) is 5.69 Å². The molecule has 1 heterocycles. The SMILES string of the molecule is NC(=O)[C@H]1CC(=O)N(CCc2ccc(Cl)cc2)C(=Nc2cccc(Cl)c2)S1. The molecule has 1 atom stereocenters. The van der Waals surface area contributed by atoms with Crippen LogP contribution in [0.3, 0.4) is 0 Å². The van der Waals surface area contributed by atoms with Gasteiger partial charge in [-0.05, 0) is 42.3 Å². The zero-order chi connectivity index (χ0) is 19.4. The molecule has 5 nitrogen and oxygen atoms in total. The van der Waals surface area contributed by atoms with Crippen LogP contribution in [0.15, 0.2) is 53.5 Å². The van der Waals surface area contributed by atoms with Crippen molar-refractivity contribution < 1.29 is 9.59 Å². The number of aliphatic imine (C=N–C) groups is 1. The van der Waals surface area contributed by atoms with Gasteiger partial charge in [0.05, 0.1) is 10.9 Å². The normalized spacial score (nSPS) is 18.7. The number of carbonyl (C=O) groups is 2. The summed E-state index contributed by atoms with van der Waals surface area (Å²) in [4.78, 5) is 30.4. The predicted octanol–water partition coefficient (Wildman–Crippen LogP) is 4.04. The Kier molecular flexibility index (Phi) is 6.42. The van der Waals surface area contributed by atoms with Crippen molar-refractivity contribution in [3.63, 3.8) is 0 Å². The van der Waals surface area contributed by atoms with Gasteiger partial charge in [-0.15, -0.1) is 0 Å². The fourth-order valence-electron chi connectivity index (χ4n) is 2.62. The number of nitrogens with zero attached hydrogens (tertiary/aromatic N) is 2. The lowest BCUT2D eigenvalue weighted by atomic mass is 10.1. The molecule has 0 bridgehead atoms. The highest BCUT2D eigenvalue weighted by Crippen LogP contribution is 2.29. The first-order valence-corrected chi connectivity index (χ1v) is 9.91. The number of amidine groups is 1. The number of hydrogen-bond acceptors (Lipinski definition) is 4. The fraction of sp³-hybridized carbons (Fsp3) is 0.211. The van der Waals surface area contributed by atoms with Gasteiger partial charge in [-0.1, -0.05) is 53.2 Å². The van der Waals surface area contributed by atoms with Crippen molar-refractivity contribution >= 4 is 57.6 Å². The predicted molar refractivity (Wildman–Crippen MR) is 111 cm³/mol. The van der Waals surface area contributed by atoms with Gasteiger partial charge >= 0.3 is 0 Å². The summed E-state index contributed by atoms with van der Waals surface area (Å²) in [5.74, 6) is -0.697. The number of hydrogen-bond donors (Lipinski definition) is 1. The van der Waals surface area contributed by atoms with E-state index in [0.29, 0.717) is 33.9 Å². The highest BCUT2D eigenvalue weighted by atomic mass is 35.5. The monoisotopic (exact) mass is 421 g/mol. The summed E-state index contributed by atoms with van der Waals surface area (Å²) in [6.45, 7) is 0.443. The number of benzene rings is 2. The molecule has 0 radical (unpaired) electrons. The van der Waals surface area contributed by atoms with Crippen LogP contribution >= 0.6 is 35.0 Å². The summed E-state index contributed by atoms with van der Waals surface area (Å²) >= 11 is 13.1. The minimum atomic E-state index is -0.623. The van der Waals surface area contributed by atoms with Crippen molar-refractivity contribution in [1.82, 2.24) is 4.90 Å². The number of rotatable bonds is 5. The van der Waals surface area contributed by atoms with Crippen LogP contribution in [0.2, 0.25) is 10.0 Å². The van der Waals surface area contributed by atoms with Crippen LogP contribution in [0.1, 0.15) is 12.0 Å². The lowest BCUT2D eigenvalue weighted by Crippen LogP contribution is -2.46. The van der Waals surface area contributed by atoms with E-state index in [4.69, 9.17) is 28.9 Å². The van der Waals surface area contributed by atoms with Crippen molar-refractivity contribution in [3.8, 4) is 0 Å². The van der Waals surface area contributed by atoms with E-state index in [1.165, 1.54) is 11.8 Å². The highest BCUT2D eigenvalue weighted by Gasteiger charge is 2.34. The molecule has 1 saturated heterocycles. The van der Waals surface area contributed by atoms with Crippen LogP contribution in [0, 0.1) is 0 Å². The van der Waals surface area contributed by atoms with Gasteiger partial charge in [-0.25, -0.2) is 4.99 Å². The maximum Gasteiger partial charge on any atom is 0.231 e. The molecule has 0 aliphatic carbocycles.